The molecule has 0 spiro atoms. The summed E-state index contributed by atoms with van der Waals surface area (Å²) < 4.78 is 29.9. The van der Waals surface area contributed by atoms with Crippen LogP contribution >= 0.6 is 0 Å². The Morgan fingerprint density at radius 3 is 2.54 bits per heavy atom. The van der Waals surface area contributed by atoms with Gasteiger partial charge in [-0.05, 0) is 72.5 Å². The molecule has 0 aliphatic carbocycles. The van der Waals surface area contributed by atoms with Crippen LogP contribution in [0.2, 0.25) is 0 Å². The van der Waals surface area contributed by atoms with Crippen molar-refractivity contribution in [2.24, 2.45) is 0 Å². The third-order valence-electron chi connectivity index (χ3n) is 5.65. The standard InChI is InChI=1S/C26H38N2O8S/c1-20(30)36-28-37(33,34)24-10-6-8-21(16-24)9-7-15-35-14-5-3-2-4-13-27-18-26(32)22-11-12-25(31)23(17-22)19-29/h6,8,10-12,16-17,26-29,31-32H,2-5,7,9,13-15,18-19H2,1H3/t26-/m1/s1. The Morgan fingerprint density at radius 1 is 1.03 bits per heavy atom. The number of carbonyl (C=O) groups excluding carboxylic acids is 1. The molecule has 0 fully saturated rings. The molecule has 0 amide bonds. The van der Waals surface area contributed by atoms with Gasteiger partial charge in [0.2, 0.25) is 0 Å². The maximum Gasteiger partial charge on any atom is 0.323 e. The molecule has 5 N–H and O–H groups in total. The molecule has 0 saturated heterocycles. The Bertz CT molecular complexity index is 1080. The minimum Gasteiger partial charge on any atom is -0.508 e. The number of hydrogen-bond acceptors (Lipinski definition) is 9. The summed E-state index contributed by atoms with van der Waals surface area (Å²) in [7, 11) is -3.91. The second-order valence-electron chi connectivity index (χ2n) is 8.72. The molecule has 206 valence electrons. The van der Waals surface area contributed by atoms with Gasteiger partial charge < -0.3 is 30.2 Å². The highest BCUT2D eigenvalue weighted by molar-refractivity contribution is 7.89. The fourth-order valence-electron chi connectivity index (χ4n) is 3.61. The Labute approximate surface area is 218 Å². The van der Waals surface area contributed by atoms with E-state index in [-0.39, 0.29) is 17.3 Å². The lowest BCUT2D eigenvalue weighted by molar-refractivity contribution is -0.144. The van der Waals surface area contributed by atoms with Crippen molar-refractivity contribution in [1.29, 1.82) is 0 Å². The Balaban J connectivity index is 1.50. The fourth-order valence-corrected chi connectivity index (χ4v) is 4.50. The summed E-state index contributed by atoms with van der Waals surface area (Å²) in [6.07, 6.45) is 4.74. The van der Waals surface area contributed by atoms with Crippen LogP contribution in [-0.4, -0.2) is 56.0 Å². The number of nitrogens with one attached hydrogen (secondary N) is 2. The number of hydrogen-bond donors (Lipinski definition) is 5. The van der Waals surface area contributed by atoms with E-state index in [4.69, 9.17) is 4.74 Å². The normalized spacial score (nSPS) is 12.4. The van der Waals surface area contributed by atoms with Crippen molar-refractivity contribution in [2.45, 2.75) is 63.1 Å². The van der Waals surface area contributed by atoms with E-state index in [9.17, 15) is 28.5 Å². The summed E-state index contributed by atoms with van der Waals surface area (Å²) in [5, 5.41) is 32.3. The van der Waals surface area contributed by atoms with Crippen LogP contribution < -0.4 is 10.2 Å². The van der Waals surface area contributed by atoms with Crippen LogP contribution in [0.5, 0.6) is 5.75 Å². The topological polar surface area (TPSA) is 154 Å². The molecule has 0 bridgehead atoms. The molecule has 0 aromatic heterocycles. The predicted octanol–water partition coefficient (Wildman–Crippen LogP) is 2.47. The van der Waals surface area contributed by atoms with Crippen molar-refractivity contribution in [3.63, 3.8) is 0 Å². The van der Waals surface area contributed by atoms with Crippen molar-refractivity contribution >= 4 is 16.0 Å². The number of carbonyl (C=O) groups is 1. The molecule has 37 heavy (non-hydrogen) atoms. The molecule has 0 aliphatic heterocycles. The zero-order valence-electron chi connectivity index (χ0n) is 21.2. The van der Waals surface area contributed by atoms with Crippen LogP contribution in [0, 0.1) is 0 Å². The van der Waals surface area contributed by atoms with E-state index in [0.717, 1.165) is 51.1 Å². The van der Waals surface area contributed by atoms with Gasteiger partial charge in [-0.25, -0.2) is 8.42 Å². The number of benzene rings is 2. The second kappa shape index (κ2) is 16.3. The minimum absolute atomic E-state index is 0.0186. The average molecular weight is 539 g/mol. The quantitative estimate of drug-likeness (QED) is 0.142. The lowest BCUT2D eigenvalue weighted by Gasteiger charge is -2.14. The van der Waals surface area contributed by atoms with Gasteiger partial charge in [0.05, 0.1) is 17.6 Å². The van der Waals surface area contributed by atoms with E-state index in [0.29, 0.717) is 37.3 Å². The molecule has 0 saturated carbocycles. The Kier molecular flexibility index (Phi) is 13.5. The molecule has 2 aromatic carbocycles. The van der Waals surface area contributed by atoms with Gasteiger partial charge in [-0.3, -0.25) is 4.79 Å². The number of unbranched alkanes of at least 4 members (excludes halogenated alkanes) is 3. The van der Waals surface area contributed by atoms with E-state index < -0.39 is 22.1 Å². The van der Waals surface area contributed by atoms with Gasteiger partial charge in [0.1, 0.15) is 5.75 Å². The lowest BCUT2D eigenvalue weighted by atomic mass is 10.1. The number of rotatable bonds is 18. The van der Waals surface area contributed by atoms with Crippen molar-refractivity contribution in [1.82, 2.24) is 10.2 Å². The van der Waals surface area contributed by atoms with Crippen molar-refractivity contribution in [2.75, 3.05) is 26.3 Å². The van der Waals surface area contributed by atoms with Gasteiger partial charge in [-0.15, -0.1) is 0 Å². The zero-order chi connectivity index (χ0) is 27.1. The summed E-state index contributed by atoms with van der Waals surface area (Å²) in [4.78, 5) is 17.0. The van der Waals surface area contributed by atoms with Gasteiger partial charge in [-0.1, -0.05) is 31.0 Å². The molecular weight excluding hydrogens is 500 g/mol. The van der Waals surface area contributed by atoms with Crippen molar-refractivity contribution in [3.05, 3.63) is 59.2 Å². The first-order chi connectivity index (χ1) is 17.7. The summed E-state index contributed by atoms with van der Waals surface area (Å²) in [5.41, 5.74) is 1.90. The first kappa shape index (κ1) is 30.7. The number of aliphatic hydroxyl groups excluding tert-OH is 2. The van der Waals surface area contributed by atoms with Crippen LogP contribution in [0.4, 0.5) is 0 Å². The number of aliphatic hydroxyl groups is 2. The molecule has 0 radical (unpaired) electrons. The first-order valence-corrected chi connectivity index (χ1v) is 13.9. The highest BCUT2D eigenvalue weighted by atomic mass is 32.2. The lowest BCUT2D eigenvalue weighted by Crippen LogP contribution is -2.26. The van der Waals surface area contributed by atoms with Crippen LogP contribution in [0.3, 0.4) is 0 Å². The maximum atomic E-state index is 12.1. The largest absolute Gasteiger partial charge is 0.508 e. The summed E-state index contributed by atoms with van der Waals surface area (Å²) >= 11 is 0. The molecule has 0 unspecified atom stereocenters. The van der Waals surface area contributed by atoms with E-state index in [1.807, 2.05) is 6.07 Å². The third-order valence-corrected chi connectivity index (χ3v) is 6.82. The number of aryl methyl sites for hydroxylation is 1. The van der Waals surface area contributed by atoms with E-state index in [1.165, 1.54) is 12.1 Å². The van der Waals surface area contributed by atoms with E-state index in [2.05, 4.69) is 10.2 Å². The molecule has 2 aromatic rings. The van der Waals surface area contributed by atoms with Crippen molar-refractivity contribution in [3.8, 4) is 5.75 Å². The van der Waals surface area contributed by atoms with Crippen LogP contribution in [0.1, 0.15) is 61.8 Å². The highest BCUT2D eigenvalue weighted by Gasteiger charge is 2.16. The number of aromatic hydroxyl groups is 1. The van der Waals surface area contributed by atoms with E-state index in [1.54, 1.807) is 29.2 Å². The number of ether oxygens (including phenoxy) is 1. The molecule has 0 heterocycles. The van der Waals surface area contributed by atoms with Gasteiger partial charge in [0, 0.05) is 32.2 Å². The average Bonchev–Trinajstić information content (AvgIpc) is 2.88. The molecule has 11 heteroatoms. The fraction of sp³-hybridized carbons (Fsp3) is 0.500. The molecule has 1 atom stereocenters. The zero-order valence-corrected chi connectivity index (χ0v) is 22.0. The van der Waals surface area contributed by atoms with Gasteiger partial charge in [0.25, 0.3) is 10.0 Å². The Morgan fingerprint density at radius 2 is 1.78 bits per heavy atom. The van der Waals surface area contributed by atoms with Crippen LogP contribution in [0.15, 0.2) is 47.4 Å². The Hall–Kier alpha value is -2.54. The van der Waals surface area contributed by atoms with Gasteiger partial charge >= 0.3 is 5.97 Å². The highest BCUT2D eigenvalue weighted by Crippen LogP contribution is 2.22. The summed E-state index contributed by atoms with van der Waals surface area (Å²) in [6, 6.07) is 11.2. The van der Waals surface area contributed by atoms with Crippen LogP contribution in [-0.2, 0) is 37.4 Å². The monoisotopic (exact) mass is 538 g/mol. The summed E-state index contributed by atoms with van der Waals surface area (Å²) in [6.45, 7) is 3.27. The van der Waals surface area contributed by atoms with Crippen molar-refractivity contribution < 1.29 is 38.1 Å². The summed E-state index contributed by atoms with van der Waals surface area (Å²) in [5.74, 6) is -0.723. The molecule has 2 rings (SSSR count). The van der Waals surface area contributed by atoms with Gasteiger partial charge in [0.15, 0.2) is 0 Å². The SMILES string of the molecule is CC(=O)ONS(=O)(=O)c1cccc(CCCOCCCCCCNC[C@@H](O)c2ccc(O)c(CO)c2)c1. The van der Waals surface area contributed by atoms with E-state index >= 15 is 0 Å². The second-order valence-corrected chi connectivity index (χ2v) is 10.4. The van der Waals surface area contributed by atoms with Crippen LogP contribution in [0.25, 0.3) is 0 Å². The maximum absolute atomic E-state index is 12.1. The molecular formula is C26H38N2O8S. The minimum atomic E-state index is -3.91. The number of phenols is 1. The smallest absolute Gasteiger partial charge is 0.323 e. The predicted molar refractivity (Wildman–Crippen MR) is 138 cm³/mol. The molecule has 10 nitrogen and oxygen atoms in total. The number of sulfonamides is 1. The third kappa shape index (κ3) is 11.6. The first-order valence-electron chi connectivity index (χ1n) is 12.4. The molecule has 0 aliphatic rings. The van der Waals surface area contributed by atoms with Gasteiger partial charge in [-0.2, -0.15) is 0 Å².